The van der Waals surface area contributed by atoms with E-state index in [0.717, 1.165) is 22.4 Å². The fourth-order valence-corrected chi connectivity index (χ4v) is 2.01. The topological polar surface area (TPSA) is 35.2 Å². The first kappa shape index (κ1) is 15.4. The van der Waals surface area contributed by atoms with E-state index < -0.39 is 5.82 Å². The standard InChI is InChI=1S/C17H15ClFNO/c1-12-9-15(6-5-14(12)3-2-8-20)21-11-13-4-7-17(19)16(18)10-13/h4-7,9-10H,8,11,20H2,1H3. The number of ether oxygens (including phenoxy) is 1. The summed E-state index contributed by atoms with van der Waals surface area (Å²) in [5, 5.41) is 0.0969. The molecule has 0 radical (unpaired) electrons. The fraction of sp³-hybridized carbons (Fsp3) is 0.176. The van der Waals surface area contributed by atoms with Gasteiger partial charge in [0.25, 0.3) is 0 Å². The Kier molecular flexibility index (Phi) is 5.21. The Morgan fingerprint density at radius 3 is 2.71 bits per heavy atom. The highest BCUT2D eigenvalue weighted by Gasteiger charge is 2.03. The lowest BCUT2D eigenvalue weighted by Crippen LogP contribution is -1.97. The molecule has 0 saturated carbocycles. The normalized spacial score (nSPS) is 9.90. The van der Waals surface area contributed by atoms with E-state index >= 15 is 0 Å². The molecule has 2 aromatic carbocycles. The van der Waals surface area contributed by atoms with Gasteiger partial charge in [0.1, 0.15) is 18.2 Å². The van der Waals surface area contributed by atoms with Crippen LogP contribution in [0.1, 0.15) is 16.7 Å². The quantitative estimate of drug-likeness (QED) is 0.878. The SMILES string of the molecule is Cc1cc(OCc2ccc(F)c(Cl)c2)ccc1C#CCN. The summed E-state index contributed by atoms with van der Waals surface area (Å²) in [6.45, 7) is 2.62. The van der Waals surface area contributed by atoms with Gasteiger partial charge in [0.15, 0.2) is 0 Å². The van der Waals surface area contributed by atoms with Crippen LogP contribution in [0.4, 0.5) is 4.39 Å². The Morgan fingerprint density at radius 2 is 2.05 bits per heavy atom. The molecule has 21 heavy (non-hydrogen) atoms. The van der Waals surface area contributed by atoms with Crippen molar-refractivity contribution in [2.75, 3.05) is 6.54 Å². The lowest BCUT2D eigenvalue weighted by molar-refractivity contribution is 0.306. The number of rotatable bonds is 3. The van der Waals surface area contributed by atoms with Gasteiger partial charge in [0.2, 0.25) is 0 Å². The van der Waals surface area contributed by atoms with Crippen LogP contribution in [0.2, 0.25) is 5.02 Å². The largest absolute Gasteiger partial charge is 0.489 e. The number of hydrogen-bond acceptors (Lipinski definition) is 2. The van der Waals surface area contributed by atoms with Crippen molar-refractivity contribution >= 4 is 11.6 Å². The number of aryl methyl sites for hydroxylation is 1. The third kappa shape index (κ3) is 4.22. The monoisotopic (exact) mass is 303 g/mol. The molecule has 2 N–H and O–H groups in total. The van der Waals surface area contributed by atoms with Gasteiger partial charge in [-0.25, -0.2) is 4.39 Å². The number of nitrogens with two attached hydrogens (primary N) is 1. The molecular weight excluding hydrogens is 289 g/mol. The first-order chi connectivity index (χ1) is 10.1. The molecule has 2 rings (SSSR count). The summed E-state index contributed by atoms with van der Waals surface area (Å²) in [5.74, 6) is 6.12. The minimum absolute atomic E-state index is 0.0969. The van der Waals surface area contributed by atoms with Crippen LogP contribution in [-0.4, -0.2) is 6.54 Å². The zero-order chi connectivity index (χ0) is 15.2. The van der Waals surface area contributed by atoms with Crippen LogP contribution in [0.5, 0.6) is 5.75 Å². The molecule has 0 saturated heterocycles. The molecule has 0 aliphatic heterocycles. The molecule has 0 fully saturated rings. The van der Waals surface area contributed by atoms with Gasteiger partial charge in [-0.2, -0.15) is 0 Å². The van der Waals surface area contributed by atoms with E-state index in [1.165, 1.54) is 6.07 Å². The van der Waals surface area contributed by atoms with Gasteiger partial charge >= 0.3 is 0 Å². The average molecular weight is 304 g/mol. The van der Waals surface area contributed by atoms with Gasteiger partial charge in [-0.1, -0.05) is 29.5 Å². The molecular formula is C17H15ClFNO. The maximum atomic E-state index is 13.1. The second-order valence-electron chi connectivity index (χ2n) is 4.52. The van der Waals surface area contributed by atoms with Crippen molar-refractivity contribution in [3.8, 4) is 17.6 Å². The molecule has 0 aliphatic rings. The van der Waals surface area contributed by atoms with Gasteiger partial charge in [-0.15, -0.1) is 0 Å². The summed E-state index contributed by atoms with van der Waals surface area (Å²) in [6, 6.07) is 10.2. The molecule has 2 nitrogen and oxygen atoms in total. The van der Waals surface area contributed by atoms with E-state index in [1.54, 1.807) is 12.1 Å². The molecule has 108 valence electrons. The molecule has 0 bridgehead atoms. The second-order valence-corrected chi connectivity index (χ2v) is 4.93. The average Bonchev–Trinajstić information content (AvgIpc) is 2.47. The van der Waals surface area contributed by atoms with Crippen LogP contribution in [0.25, 0.3) is 0 Å². The molecule has 0 unspecified atom stereocenters. The summed E-state index contributed by atoms with van der Waals surface area (Å²) in [6.07, 6.45) is 0. The maximum absolute atomic E-state index is 13.1. The van der Waals surface area contributed by atoms with E-state index in [9.17, 15) is 4.39 Å². The second kappa shape index (κ2) is 7.12. The maximum Gasteiger partial charge on any atom is 0.141 e. The molecule has 0 amide bonds. The van der Waals surface area contributed by atoms with Crippen molar-refractivity contribution in [2.24, 2.45) is 5.73 Å². The first-order valence-electron chi connectivity index (χ1n) is 6.46. The molecule has 0 spiro atoms. The van der Waals surface area contributed by atoms with Gasteiger partial charge in [0.05, 0.1) is 11.6 Å². The van der Waals surface area contributed by atoms with Crippen LogP contribution < -0.4 is 10.5 Å². The van der Waals surface area contributed by atoms with Crippen LogP contribution in [0.15, 0.2) is 36.4 Å². The van der Waals surface area contributed by atoms with Gasteiger partial charge < -0.3 is 10.5 Å². The summed E-state index contributed by atoms with van der Waals surface area (Å²) >= 11 is 5.73. The van der Waals surface area contributed by atoms with Gasteiger partial charge in [0, 0.05) is 5.56 Å². The Labute approximate surface area is 128 Å². The fourth-order valence-electron chi connectivity index (χ4n) is 1.81. The van der Waals surface area contributed by atoms with Crippen LogP contribution in [0, 0.1) is 24.6 Å². The molecule has 0 aromatic heterocycles. The molecule has 4 heteroatoms. The Bertz CT molecular complexity index is 704. The number of benzene rings is 2. The van der Waals surface area contributed by atoms with Crippen molar-refractivity contribution < 1.29 is 9.13 Å². The van der Waals surface area contributed by atoms with Crippen molar-refractivity contribution in [1.82, 2.24) is 0 Å². The van der Waals surface area contributed by atoms with E-state index in [0.29, 0.717) is 13.2 Å². The van der Waals surface area contributed by atoms with E-state index in [2.05, 4.69) is 11.8 Å². The van der Waals surface area contributed by atoms with Crippen molar-refractivity contribution in [3.63, 3.8) is 0 Å². The minimum atomic E-state index is -0.431. The van der Waals surface area contributed by atoms with Gasteiger partial charge in [-0.3, -0.25) is 0 Å². The summed E-state index contributed by atoms with van der Waals surface area (Å²) in [4.78, 5) is 0. The van der Waals surface area contributed by atoms with Gasteiger partial charge in [-0.05, 0) is 48.4 Å². The van der Waals surface area contributed by atoms with Crippen LogP contribution in [0.3, 0.4) is 0 Å². The minimum Gasteiger partial charge on any atom is -0.489 e. The van der Waals surface area contributed by atoms with Crippen LogP contribution in [-0.2, 0) is 6.61 Å². The highest BCUT2D eigenvalue weighted by Crippen LogP contribution is 2.20. The summed E-state index contributed by atoms with van der Waals surface area (Å²) in [5.41, 5.74) is 8.11. The van der Waals surface area contributed by atoms with Crippen molar-refractivity contribution in [2.45, 2.75) is 13.5 Å². The zero-order valence-corrected chi connectivity index (χ0v) is 12.4. The van der Waals surface area contributed by atoms with E-state index in [1.807, 2.05) is 25.1 Å². The lowest BCUT2D eigenvalue weighted by atomic mass is 10.1. The predicted octanol–water partition coefficient (Wildman–Crippen LogP) is 3.68. The van der Waals surface area contributed by atoms with Crippen LogP contribution >= 0.6 is 11.6 Å². The third-order valence-corrected chi connectivity index (χ3v) is 3.20. The summed E-state index contributed by atoms with van der Waals surface area (Å²) < 4.78 is 18.7. The number of halogens is 2. The highest BCUT2D eigenvalue weighted by atomic mass is 35.5. The molecule has 2 aromatic rings. The molecule has 0 heterocycles. The predicted molar refractivity (Wildman–Crippen MR) is 82.9 cm³/mol. The van der Waals surface area contributed by atoms with E-state index in [-0.39, 0.29) is 5.02 Å². The highest BCUT2D eigenvalue weighted by molar-refractivity contribution is 6.30. The number of hydrogen-bond donors (Lipinski definition) is 1. The summed E-state index contributed by atoms with van der Waals surface area (Å²) in [7, 11) is 0. The zero-order valence-electron chi connectivity index (χ0n) is 11.6. The van der Waals surface area contributed by atoms with Crippen molar-refractivity contribution in [1.29, 1.82) is 0 Å². The lowest BCUT2D eigenvalue weighted by Gasteiger charge is -2.08. The molecule has 0 atom stereocenters. The first-order valence-corrected chi connectivity index (χ1v) is 6.84. The third-order valence-electron chi connectivity index (χ3n) is 2.91. The Balaban J connectivity index is 2.06. The molecule has 0 aliphatic carbocycles. The smallest absolute Gasteiger partial charge is 0.141 e. The Morgan fingerprint density at radius 1 is 1.24 bits per heavy atom. The van der Waals surface area contributed by atoms with Crippen molar-refractivity contribution in [3.05, 3.63) is 63.9 Å². The Hall–Kier alpha value is -2.02. The van der Waals surface area contributed by atoms with E-state index in [4.69, 9.17) is 22.1 Å².